The third kappa shape index (κ3) is 3.93. The number of benzene rings is 1. The van der Waals surface area contributed by atoms with E-state index in [1.54, 1.807) is 17.0 Å². The summed E-state index contributed by atoms with van der Waals surface area (Å²) >= 11 is 5.93. The number of nitrogens with zero attached hydrogens (tertiary/aromatic N) is 1. The predicted molar refractivity (Wildman–Crippen MR) is 70.7 cm³/mol. The van der Waals surface area contributed by atoms with Gasteiger partial charge in [0, 0.05) is 16.8 Å². The summed E-state index contributed by atoms with van der Waals surface area (Å²) < 4.78 is 5.21. The maximum Gasteiger partial charge on any atom is 0.414 e. The molecule has 0 fully saturated rings. The SMILES string of the molecule is CC(C)OC(=O)N(c1cccc(Cl)c1)C(C)C. The highest BCUT2D eigenvalue weighted by Crippen LogP contribution is 2.22. The van der Waals surface area contributed by atoms with E-state index in [0.717, 1.165) is 5.69 Å². The van der Waals surface area contributed by atoms with Gasteiger partial charge in [0.1, 0.15) is 0 Å². The Morgan fingerprint density at radius 3 is 2.41 bits per heavy atom. The molecule has 94 valence electrons. The highest BCUT2D eigenvalue weighted by molar-refractivity contribution is 6.30. The largest absolute Gasteiger partial charge is 0.446 e. The molecule has 17 heavy (non-hydrogen) atoms. The Balaban J connectivity index is 2.97. The van der Waals surface area contributed by atoms with Crippen LogP contribution in [0.3, 0.4) is 0 Å². The Morgan fingerprint density at radius 1 is 1.29 bits per heavy atom. The van der Waals surface area contributed by atoms with Crippen LogP contribution in [0.25, 0.3) is 0 Å². The van der Waals surface area contributed by atoms with E-state index in [0.29, 0.717) is 5.02 Å². The van der Waals surface area contributed by atoms with E-state index in [9.17, 15) is 4.79 Å². The summed E-state index contributed by atoms with van der Waals surface area (Å²) in [5.74, 6) is 0. The highest BCUT2D eigenvalue weighted by atomic mass is 35.5. The molecule has 0 unspecified atom stereocenters. The Hall–Kier alpha value is -1.22. The summed E-state index contributed by atoms with van der Waals surface area (Å²) in [6.07, 6.45) is -0.486. The second-order valence-corrected chi connectivity index (χ2v) is 4.81. The lowest BCUT2D eigenvalue weighted by Crippen LogP contribution is -2.38. The summed E-state index contributed by atoms with van der Waals surface area (Å²) in [5, 5.41) is 0.602. The Bertz CT molecular complexity index is 391. The molecule has 1 amide bonds. The maximum absolute atomic E-state index is 12.0. The zero-order chi connectivity index (χ0) is 13.0. The van der Waals surface area contributed by atoms with E-state index >= 15 is 0 Å². The van der Waals surface area contributed by atoms with Crippen LogP contribution in [-0.4, -0.2) is 18.2 Å². The minimum absolute atomic E-state index is 0.0136. The van der Waals surface area contributed by atoms with Crippen LogP contribution in [0, 0.1) is 0 Å². The van der Waals surface area contributed by atoms with E-state index in [1.807, 2.05) is 39.8 Å². The van der Waals surface area contributed by atoms with Crippen LogP contribution in [-0.2, 0) is 4.74 Å². The summed E-state index contributed by atoms with van der Waals surface area (Å²) in [6, 6.07) is 7.20. The third-order valence-corrected chi connectivity index (χ3v) is 2.37. The molecule has 0 saturated carbocycles. The van der Waals surface area contributed by atoms with Gasteiger partial charge in [-0.15, -0.1) is 0 Å². The van der Waals surface area contributed by atoms with Gasteiger partial charge in [-0.25, -0.2) is 4.79 Å². The van der Waals surface area contributed by atoms with Crippen LogP contribution < -0.4 is 4.90 Å². The van der Waals surface area contributed by atoms with Gasteiger partial charge in [0.2, 0.25) is 0 Å². The van der Waals surface area contributed by atoms with Crippen molar-refractivity contribution >= 4 is 23.4 Å². The van der Waals surface area contributed by atoms with Gasteiger partial charge in [-0.2, -0.15) is 0 Å². The molecule has 0 aromatic heterocycles. The lowest BCUT2D eigenvalue weighted by Gasteiger charge is -2.27. The van der Waals surface area contributed by atoms with Crippen molar-refractivity contribution in [1.29, 1.82) is 0 Å². The number of carbonyl (C=O) groups excluding carboxylic acids is 1. The van der Waals surface area contributed by atoms with Gasteiger partial charge < -0.3 is 4.74 Å². The minimum Gasteiger partial charge on any atom is -0.446 e. The van der Waals surface area contributed by atoms with E-state index < -0.39 is 0 Å². The molecule has 1 aromatic rings. The average molecular weight is 256 g/mol. The summed E-state index contributed by atoms with van der Waals surface area (Å²) in [5.41, 5.74) is 0.748. The number of hydrogen-bond acceptors (Lipinski definition) is 2. The van der Waals surface area contributed by atoms with Gasteiger partial charge >= 0.3 is 6.09 Å². The molecule has 0 atom stereocenters. The molecule has 4 heteroatoms. The van der Waals surface area contributed by atoms with Gasteiger partial charge in [0.25, 0.3) is 0 Å². The Morgan fingerprint density at radius 2 is 1.94 bits per heavy atom. The van der Waals surface area contributed by atoms with E-state index in [-0.39, 0.29) is 18.2 Å². The Kier molecular flexibility index (Phi) is 4.82. The van der Waals surface area contributed by atoms with E-state index in [4.69, 9.17) is 16.3 Å². The predicted octanol–water partition coefficient (Wildman–Crippen LogP) is 4.10. The van der Waals surface area contributed by atoms with Crippen molar-refractivity contribution in [2.24, 2.45) is 0 Å². The van der Waals surface area contributed by atoms with Crippen molar-refractivity contribution in [3.8, 4) is 0 Å². The fourth-order valence-electron chi connectivity index (χ4n) is 1.50. The first-order valence-electron chi connectivity index (χ1n) is 5.67. The van der Waals surface area contributed by atoms with Crippen LogP contribution in [0.4, 0.5) is 10.5 Å². The molecule has 0 aliphatic rings. The molecule has 0 N–H and O–H groups in total. The molecule has 1 rings (SSSR count). The molecule has 0 bridgehead atoms. The van der Waals surface area contributed by atoms with Crippen LogP contribution in [0.2, 0.25) is 5.02 Å². The van der Waals surface area contributed by atoms with Gasteiger partial charge in [-0.1, -0.05) is 17.7 Å². The molecular formula is C13H18ClNO2. The van der Waals surface area contributed by atoms with Crippen LogP contribution in [0.5, 0.6) is 0 Å². The first-order chi connectivity index (χ1) is 7.91. The number of rotatable bonds is 3. The topological polar surface area (TPSA) is 29.5 Å². The van der Waals surface area contributed by atoms with Gasteiger partial charge in [-0.05, 0) is 45.9 Å². The van der Waals surface area contributed by atoms with Crippen LogP contribution in [0.15, 0.2) is 24.3 Å². The normalized spacial score (nSPS) is 10.8. The van der Waals surface area contributed by atoms with Gasteiger partial charge in [0.15, 0.2) is 0 Å². The molecule has 3 nitrogen and oxygen atoms in total. The van der Waals surface area contributed by atoms with Gasteiger partial charge in [0.05, 0.1) is 6.10 Å². The average Bonchev–Trinajstić information content (AvgIpc) is 2.15. The fourth-order valence-corrected chi connectivity index (χ4v) is 1.68. The molecule has 0 aliphatic heterocycles. The molecule has 0 heterocycles. The van der Waals surface area contributed by atoms with Crippen molar-refractivity contribution in [1.82, 2.24) is 0 Å². The number of ether oxygens (including phenoxy) is 1. The number of hydrogen-bond donors (Lipinski definition) is 0. The van der Waals surface area contributed by atoms with Crippen molar-refractivity contribution in [2.75, 3.05) is 4.90 Å². The Labute approximate surface area is 107 Å². The smallest absolute Gasteiger partial charge is 0.414 e. The number of halogens is 1. The highest BCUT2D eigenvalue weighted by Gasteiger charge is 2.21. The summed E-state index contributed by atoms with van der Waals surface area (Å²) in [7, 11) is 0. The molecule has 0 spiro atoms. The standard InChI is InChI=1S/C13H18ClNO2/c1-9(2)15(13(16)17-10(3)4)12-7-5-6-11(14)8-12/h5-10H,1-4H3. The maximum atomic E-state index is 12.0. The second-order valence-electron chi connectivity index (χ2n) is 4.38. The van der Waals surface area contributed by atoms with Crippen LogP contribution >= 0.6 is 11.6 Å². The third-order valence-electron chi connectivity index (χ3n) is 2.14. The number of amides is 1. The first kappa shape index (κ1) is 13.8. The second kappa shape index (κ2) is 5.92. The lowest BCUT2D eigenvalue weighted by atomic mass is 10.2. The van der Waals surface area contributed by atoms with Gasteiger partial charge in [-0.3, -0.25) is 4.90 Å². The molecule has 0 saturated heterocycles. The van der Waals surface area contributed by atoms with Crippen molar-refractivity contribution in [3.05, 3.63) is 29.3 Å². The summed E-state index contributed by atoms with van der Waals surface area (Å²) in [4.78, 5) is 13.6. The fraction of sp³-hybridized carbons (Fsp3) is 0.462. The minimum atomic E-state index is -0.350. The molecule has 0 radical (unpaired) electrons. The molecular weight excluding hydrogens is 238 g/mol. The van der Waals surface area contributed by atoms with Crippen LogP contribution in [0.1, 0.15) is 27.7 Å². The first-order valence-corrected chi connectivity index (χ1v) is 6.05. The number of carbonyl (C=O) groups is 1. The molecule has 0 aliphatic carbocycles. The van der Waals surface area contributed by atoms with Crippen molar-refractivity contribution in [3.63, 3.8) is 0 Å². The lowest BCUT2D eigenvalue weighted by molar-refractivity contribution is 0.121. The monoisotopic (exact) mass is 255 g/mol. The zero-order valence-corrected chi connectivity index (χ0v) is 11.4. The van der Waals surface area contributed by atoms with E-state index in [1.165, 1.54) is 0 Å². The van der Waals surface area contributed by atoms with Crippen molar-refractivity contribution in [2.45, 2.75) is 39.8 Å². The quantitative estimate of drug-likeness (QED) is 0.814. The molecule has 1 aromatic carbocycles. The summed E-state index contributed by atoms with van der Waals surface area (Å²) in [6.45, 7) is 7.52. The number of anilines is 1. The van der Waals surface area contributed by atoms with E-state index in [2.05, 4.69) is 0 Å². The zero-order valence-electron chi connectivity index (χ0n) is 10.6. The van der Waals surface area contributed by atoms with Crippen molar-refractivity contribution < 1.29 is 9.53 Å².